The molecular formula is C20H19N3O4. The van der Waals surface area contributed by atoms with Crippen molar-refractivity contribution in [3.63, 3.8) is 0 Å². The molecule has 0 aromatic heterocycles. The topological polar surface area (TPSA) is 89.3 Å². The van der Waals surface area contributed by atoms with E-state index in [1.807, 2.05) is 24.3 Å². The van der Waals surface area contributed by atoms with E-state index in [1.54, 1.807) is 38.3 Å². The summed E-state index contributed by atoms with van der Waals surface area (Å²) in [5, 5.41) is 2.62. The standard InChI is InChI=1S/C20H19N3O4/c1-3-27-19(25)15-6-4-5-7-16(15)21-20-22-17(18(24)23-20)12-13-8-10-14(26-2)11-9-13/h4-11H,3,12H2,1-2H3,(H,21,23,24). The van der Waals surface area contributed by atoms with Gasteiger partial charge in [0.15, 0.2) is 0 Å². The first-order valence-electron chi connectivity index (χ1n) is 8.47. The van der Waals surface area contributed by atoms with Gasteiger partial charge in [0, 0.05) is 6.42 Å². The number of benzene rings is 2. The van der Waals surface area contributed by atoms with E-state index in [0.717, 1.165) is 11.3 Å². The van der Waals surface area contributed by atoms with Gasteiger partial charge in [-0.1, -0.05) is 24.3 Å². The Bertz CT molecular complexity index is 917. The molecule has 1 heterocycles. The van der Waals surface area contributed by atoms with Crippen LogP contribution >= 0.6 is 0 Å². The lowest BCUT2D eigenvalue weighted by Crippen LogP contribution is -2.27. The third-order valence-electron chi connectivity index (χ3n) is 3.88. The van der Waals surface area contributed by atoms with Crippen LogP contribution in [0.1, 0.15) is 22.8 Å². The normalized spacial score (nSPS) is 14.7. The van der Waals surface area contributed by atoms with Crippen molar-refractivity contribution in [1.82, 2.24) is 5.32 Å². The predicted molar refractivity (Wildman–Crippen MR) is 102 cm³/mol. The van der Waals surface area contributed by atoms with Crippen LogP contribution in [0.4, 0.5) is 5.69 Å². The minimum Gasteiger partial charge on any atom is -0.497 e. The zero-order valence-corrected chi connectivity index (χ0v) is 15.1. The van der Waals surface area contributed by atoms with E-state index in [-0.39, 0.29) is 18.5 Å². The molecule has 0 fully saturated rings. The summed E-state index contributed by atoms with van der Waals surface area (Å²) in [4.78, 5) is 32.8. The zero-order chi connectivity index (χ0) is 19.2. The number of hydrogen-bond donors (Lipinski definition) is 1. The molecule has 0 radical (unpaired) electrons. The van der Waals surface area contributed by atoms with Crippen molar-refractivity contribution in [3.05, 3.63) is 59.7 Å². The Morgan fingerprint density at radius 1 is 1.15 bits per heavy atom. The second-order valence-corrected chi connectivity index (χ2v) is 5.71. The molecule has 2 aromatic rings. The van der Waals surface area contributed by atoms with E-state index in [0.29, 0.717) is 23.4 Å². The van der Waals surface area contributed by atoms with Crippen LogP contribution in [-0.2, 0) is 16.0 Å². The SMILES string of the molecule is CCOC(=O)c1ccccc1N=C1N=C(Cc2ccc(OC)cc2)C(=O)N1. The third-order valence-corrected chi connectivity index (χ3v) is 3.88. The number of guanidine groups is 1. The molecule has 0 spiro atoms. The molecule has 27 heavy (non-hydrogen) atoms. The van der Waals surface area contributed by atoms with Crippen LogP contribution in [0.5, 0.6) is 5.75 Å². The largest absolute Gasteiger partial charge is 0.497 e. The van der Waals surface area contributed by atoms with Crippen molar-refractivity contribution in [1.29, 1.82) is 0 Å². The Kier molecular flexibility index (Phi) is 5.61. The smallest absolute Gasteiger partial charge is 0.340 e. The average molecular weight is 365 g/mol. The minimum absolute atomic E-state index is 0.153. The van der Waals surface area contributed by atoms with E-state index in [9.17, 15) is 9.59 Å². The Labute approximate surface area is 156 Å². The number of rotatable bonds is 6. The van der Waals surface area contributed by atoms with Gasteiger partial charge in [-0.25, -0.2) is 14.8 Å². The van der Waals surface area contributed by atoms with Crippen molar-refractivity contribution >= 4 is 29.2 Å². The molecule has 1 aliphatic heterocycles. The first-order valence-corrected chi connectivity index (χ1v) is 8.47. The fourth-order valence-electron chi connectivity index (χ4n) is 2.56. The lowest BCUT2D eigenvalue weighted by molar-refractivity contribution is -0.113. The molecule has 0 atom stereocenters. The van der Waals surface area contributed by atoms with Crippen LogP contribution in [0.3, 0.4) is 0 Å². The van der Waals surface area contributed by atoms with Gasteiger partial charge in [0.2, 0.25) is 5.96 Å². The highest BCUT2D eigenvalue weighted by Crippen LogP contribution is 2.21. The summed E-state index contributed by atoms with van der Waals surface area (Å²) in [5.41, 5.74) is 1.99. The molecular weight excluding hydrogens is 346 g/mol. The summed E-state index contributed by atoms with van der Waals surface area (Å²) >= 11 is 0. The van der Waals surface area contributed by atoms with E-state index >= 15 is 0 Å². The fourth-order valence-corrected chi connectivity index (χ4v) is 2.56. The monoisotopic (exact) mass is 365 g/mol. The van der Waals surface area contributed by atoms with Gasteiger partial charge in [0.05, 0.1) is 25.0 Å². The van der Waals surface area contributed by atoms with Gasteiger partial charge in [-0.05, 0) is 36.8 Å². The average Bonchev–Trinajstić information content (AvgIpc) is 3.02. The zero-order valence-electron chi connectivity index (χ0n) is 15.1. The van der Waals surface area contributed by atoms with Crippen LogP contribution in [0, 0.1) is 0 Å². The van der Waals surface area contributed by atoms with Gasteiger partial charge in [0.25, 0.3) is 5.91 Å². The molecule has 7 nitrogen and oxygen atoms in total. The number of ether oxygens (including phenoxy) is 2. The highest BCUT2D eigenvalue weighted by Gasteiger charge is 2.22. The van der Waals surface area contributed by atoms with Gasteiger partial charge in [0.1, 0.15) is 11.5 Å². The van der Waals surface area contributed by atoms with Gasteiger partial charge in [-0.15, -0.1) is 0 Å². The number of nitrogens with one attached hydrogen (secondary N) is 1. The third kappa shape index (κ3) is 4.38. The second kappa shape index (κ2) is 8.27. The summed E-state index contributed by atoms with van der Waals surface area (Å²) in [5.74, 6) is 0.122. The summed E-state index contributed by atoms with van der Waals surface area (Å²) < 4.78 is 10.2. The lowest BCUT2D eigenvalue weighted by Gasteiger charge is -2.05. The first kappa shape index (κ1) is 18.3. The van der Waals surface area contributed by atoms with Crippen LogP contribution in [-0.4, -0.2) is 37.3 Å². The molecule has 0 saturated carbocycles. The molecule has 138 valence electrons. The maximum absolute atomic E-state index is 12.2. The Morgan fingerprint density at radius 2 is 1.89 bits per heavy atom. The Morgan fingerprint density at radius 3 is 2.59 bits per heavy atom. The van der Waals surface area contributed by atoms with E-state index in [1.165, 1.54) is 0 Å². The molecule has 3 rings (SSSR count). The highest BCUT2D eigenvalue weighted by atomic mass is 16.5. The number of esters is 1. The Hall–Kier alpha value is -3.48. The number of amides is 1. The number of methoxy groups -OCH3 is 1. The Balaban J connectivity index is 1.82. The number of nitrogens with zero attached hydrogens (tertiary/aromatic N) is 2. The van der Waals surface area contributed by atoms with E-state index in [2.05, 4.69) is 15.3 Å². The lowest BCUT2D eigenvalue weighted by atomic mass is 10.1. The predicted octanol–water partition coefficient (Wildman–Crippen LogP) is 2.67. The van der Waals surface area contributed by atoms with E-state index < -0.39 is 5.97 Å². The summed E-state index contributed by atoms with van der Waals surface area (Å²) in [6.45, 7) is 2.00. The quantitative estimate of drug-likeness (QED) is 0.797. The molecule has 0 unspecified atom stereocenters. The molecule has 0 bridgehead atoms. The van der Waals surface area contributed by atoms with Crippen molar-refractivity contribution in [2.24, 2.45) is 9.98 Å². The number of hydrogen-bond acceptors (Lipinski definition) is 5. The van der Waals surface area contributed by atoms with Crippen molar-refractivity contribution < 1.29 is 19.1 Å². The summed E-state index contributed by atoms with van der Waals surface area (Å²) in [6.07, 6.45) is 0.369. The number of carbonyl (C=O) groups excluding carboxylic acids is 2. The van der Waals surface area contributed by atoms with Crippen molar-refractivity contribution in [2.75, 3.05) is 13.7 Å². The summed E-state index contributed by atoms with van der Waals surface area (Å²) in [7, 11) is 1.60. The van der Waals surface area contributed by atoms with Crippen LogP contribution in [0.2, 0.25) is 0 Å². The molecule has 2 aromatic carbocycles. The van der Waals surface area contributed by atoms with Gasteiger partial charge >= 0.3 is 5.97 Å². The van der Waals surface area contributed by atoms with Crippen LogP contribution in [0.15, 0.2) is 58.5 Å². The van der Waals surface area contributed by atoms with Crippen LogP contribution in [0.25, 0.3) is 0 Å². The van der Waals surface area contributed by atoms with Gasteiger partial charge in [-0.3, -0.25) is 10.1 Å². The molecule has 0 aliphatic carbocycles. The molecule has 0 saturated heterocycles. The minimum atomic E-state index is -0.468. The van der Waals surface area contributed by atoms with E-state index in [4.69, 9.17) is 9.47 Å². The molecule has 1 amide bonds. The molecule has 1 aliphatic rings. The molecule has 1 N–H and O–H groups in total. The first-order chi connectivity index (χ1) is 13.1. The highest BCUT2D eigenvalue weighted by molar-refractivity contribution is 6.47. The summed E-state index contributed by atoms with van der Waals surface area (Å²) in [6, 6.07) is 14.2. The van der Waals surface area contributed by atoms with Gasteiger partial charge < -0.3 is 9.47 Å². The van der Waals surface area contributed by atoms with Crippen molar-refractivity contribution in [3.8, 4) is 5.75 Å². The second-order valence-electron chi connectivity index (χ2n) is 5.71. The molecule has 7 heteroatoms. The van der Waals surface area contributed by atoms with Crippen molar-refractivity contribution in [2.45, 2.75) is 13.3 Å². The number of aliphatic imine (C=N–C) groups is 2. The number of carbonyl (C=O) groups is 2. The maximum atomic E-state index is 12.2. The van der Waals surface area contributed by atoms with Crippen LogP contribution < -0.4 is 10.1 Å². The van der Waals surface area contributed by atoms with Gasteiger partial charge in [-0.2, -0.15) is 0 Å². The maximum Gasteiger partial charge on any atom is 0.340 e. The fraction of sp³-hybridized carbons (Fsp3) is 0.200. The number of para-hydroxylation sites is 1.